The predicted octanol–water partition coefficient (Wildman–Crippen LogP) is 5.11. The van der Waals surface area contributed by atoms with E-state index in [2.05, 4.69) is 31.2 Å². The van der Waals surface area contributed by atoms with Crippen LogP contribution >= 0.6 is 0 Å². The van der Waals surface area contributed by atoms with Gasteiger partial charge in [0.05, 0.1) is 16.6 Å². The maximum Gasteiger partial charge on any atom is 0.416 e. The molecule has 0 aliphatic carbocycles. The van der Waals surface area contributed by atoms with Crippen molar-refractivity contribution in [3.63, 3.8) is 0 Å². The number of ether oxygens (including phenoxy) is 1. The summed E-state index contributed by atoms with van der Waals surface area (Å²) in [6.07, 6.45) is -2.62. The Hall–Kier alpha value is -4.20. The van der Waals surface area contributed by atoms with Crippen LogP contribution in [0.3, 0.4) is 0 Å². The van der Waals surface area contributed by atoms with Crippen LogP contribution in [0.2, 0.25) is 0 Å². The van der Waals surface area contributed by atoms with Crippen LogP contribution in [0.25, 0.3) is 11.0 Å². The van der Waals surface area contributed by atoms with E-state index in [1.54, 1.807) is 54.2 Å². The molecular formula is C30H37F3N8O2. The summed E-state index contributed by atoms with van der Waals surface area (Å²) >= 11 is 0. The molecule has 4 aromatic rings. The average molecular weight is 599 g/mol. The molecule has 4 N–H and O–H groups in total. The summed E-state index contributed by atoms with van der Waals surface area (Å²) in [5.74, 6) is 1.60. The first-order valence-corrected chi connectivity index (χ1v) is 14.0. The lowest BCUT2D eigenvalue weighted by Gasteiger charge is -2.16. The third-order valence-electron chi connectivity index (χ3n) is 6.59. The number of rotatable bonds is 14. The van der Waals surface area contributed by atoms with Crippen LogP contribution in [0.15, 0.2) is 54.7 Å². The summed E-state index contributed by atoms with van der Waals surface area (Å²) in [5, 5.41) is 12.0. The van der Waals surface area contributed by atoms with Crippen LogP contribution in [0, 0.1) is 0 Å². The second-order valence-electron chi connectivity index (χ2n) is 10.3. The molecule has 10 nitrogen and oxygen atoms in total. The fourth-order valence-corrected chi connectivity index (χ4v) is 4.33. The maximum absolute atomic E-state index is 13.9. The monoisotopic (exact) mass is 598 g/mol. The SMILES string of the molecule is CCNCCNCc1ccc(Nc2nc3ccc(Oc4ccnc(NC(=O)CCN(C)C)c4)cc3n2C)cc1C(F)(F)F. The molecule has 1 amide bonds. The Labute approximate surface area is 248 Å². The van der Waals surface area contributed by atoms with Gasteiger partial charge in [-0.15, -0.1) is 0 Å². The van der Waals surface area contributed by atoms with Crippen LogP contribution < -0.4 is 26.0 Å². The molecule has 2 heterocycles. The summed E-state index contributed by atoms with van der Waals surface area (Å²) in [7, 11) is 5.56. The smallest absolute Gasteiger partial charge is 0.416 e. The highest BCUT2D eigenvalue weighted by molar-refractivity contribution is 5.90. The second kappa shape index (κ2) is 14.3. The number of imidazole rings is 1. The van der Waals surface area contributed by atoms with Crippen molar-refractivity contribution in [1.29, 1.82) is 0 Å². The molecule has 0 aliphatic rings. The maximum atomic E-state index is 13.9. The Bertz CT molecular complexity index is 1540. The van der Waals surface area contributed by atoms with E-state index in [1.807, 2.05) is 25.9 Å². The van der Waals surface area contributed by atoms with E-state index >= 15 is 0 Å². The molecule has 0 aliphatic heterocycles. The van der Waals surface area contributed by atoms with Crippen LogP contribution in [0.5, 0.6) is 11.5 Å². The molecule has 2 aromatic heterocycles. The highest BCUT2D eigenvalue weighted by atomic mass is 19.4. The van der Waals surface area contributed by atoms with Crippen LogP contribution in [-0.2, 0) is 24.6 Å². The number of anilines is 3. The minimum absolute atomic E-state index is 0.109. The summed E-state index contributed by atoms with van der Waals surface area (Å²) < 4.78 is 49.4. The van der Waals surface area contributed by atoms with Gasteiger partial charge >= 0.3 is 6.18 Å². The van der Waals surface area contributed by atoms with Gasteiger partial charge < -0.3 is 35.5 Å². The first-order valence-electron chi connectivity index (χ1n) is 14.0. The number of halogens is 3. The fraction of sp³-hybridized carbons (Fsp3) is 0.367. The number of hydrogen-bond donors (Lipinski definition) is 4. The summed E-state index contributed by atoms with van der Waals surface area (Å²) in [5.41, 5.74) is 1.10. The molecule has 13 heteroatoms. The third-order valence-corrected chi connectivity index (χ3v) is 6.59. The first kappa shape index (κ1) is 31.7. The molecule has 0 unspecified atom stereocenters. The van der Waals surface area contributed by atoms with Gasteiger partial charge in [-0.05, 0) is 56.5 Å². The number of benzene rings is 2. The van der Waals surface area contributed by atoms with Crippen LogP contribution in [0.1, 0.15) is 24.5 Å². The number of carbonyl (C=O) groups excluding carboxylic acids is 1. The number of aryl methyl sites for hydroxylation is 1. The summed E-state index contributed by atoms with van der Waals surface area (Å²) in [6.45, 7) is 4.74. The third kappa shape index (κ3) is 8.89. The van der Waals surface area contributed by atoms with Gasteiger partial charge in [0.15, 0.2) is 0 Å². The van der Waals surface area contributed by atoms with Gasteiger partial charge in [-0.1, -0.05) is 13.0 Å². The van der Waals surface area contributed by atoms with Gasteiger partial charge in [0, 0.05) is 63.7 Å². The van der Waals surface area contributed by atoms with Gasteiger partial charge in [0.2, 0.25) is 11.9 Å². The molecule has 0 saturated heterocycles. The lowest BCUT2D eigenvalue weighted by molar-refractivity contribution is -0.138. The Morgan fingerprint density at radius 3 is 2.53 bits per heavy atom. The number of carbonyl (C=O) groups is 1. The number of fused-ring (bicyclic) bond motifs is 1. The van der Waals surface area contributed by atoms with E-state index in [1.165, 1.54) is 6.07 Å². The number of nitrogens with zero attached hydrogens (tertiary/aromatic N) is 4. The zero-order chi connectivity index (χ0) is 31.0. The minimum atomic E-state index is -4.50. The van der Waals surface area contributed by atoms with E-state index in [4.69, 9.17) is 4.74 Å². The van der Waals surface area contributed by atoms with Gasteiger partial charge in [-0.2, -0.15) is 13.2 Å². The molecule has 4 rings (SSSR count). The van der Waals surface area contributed by atoms with E-state index < -0.39 is 11.7 Å². The molecule has 0 spiro atoms. The average Bonchev–Trinajstić information content (AvgIpc) is 3.26. The number of hydrogen-bond acceptors (Lipinski definition) is 8. The Balaban J connectivity index is 1.47. The number of likely N-dealkylation sites (N-methyl/N-ethyl adjacent to an activating group) is 1. The number of aromatic nitrogens is 3. The molecule has 230 valence electrons. The van der Waals surface area contributed by atoms with Crippen LogP contribution in [-0.4, -0.2) is 65.6 Å². The summed E-state index contributed by atoms with van der Waals surface area (Å²) in [4.78, 5) is 22.8. The highest BCUT2D eigenvalue weighted by Crippen LogP contribution is 2.35. The topological polar surface area (TPSA) is 108 Å². The van der Waals surface area contributed by atoms with E-state index in [0.29, 0.717) is 60.4 Å². The number of nitrogens with one attached hydrogen (secondary N) is 4. The van der Waals surface area contributed by atoms with E-state index in [0.717, 1.165) is 12.6 Å². The van der Waals surface area contributed by atoms with Crippen molar-refractivity contribution < 1.29 is 22.7 Å². The Morgan fingerprint density at radius 1 is 1.02 bits per heavy atom. The molecule has 0 saturated carbocycles. The number of pyridine rings is 1. The lowest BCUT2D eigenvalue weighted by atomic mass is 10.1. The van der Waals surface area contributed by atoms with E-state index in [-0.39, 0.29) is 23.7 Å². The zero-order valence-electron chi connectivity index (χ0n) is 24.7. The molecular weight excluding hydrogens is 561 g/mol. The lowest BCUT2D eigenvalue weighted by Crippen LogP contribution is -2.27. The van der Waals surface area contributed by atoms with Crippen molar-refractivity contribution in [1.82, 2.24) is 30.1 Å². The van der Waals surface area contributed by atoms with Gasteiger partial charge in [0.1, 0.15) is 17.3 Å². The molecule has 2 aromatic carbocycles. The minimum Gasteiger partial charge on any atom is -0.457 e. The van der Waals surface area contributed by atoms with Crippen molar-refractivity contribution in [3.05, 3.63) is 65.9 Å². The highest BCUT2D eigenvalue weighted by Gasteiger charge is 2.33. The van der Waals surface area contributed by atoms with Crippen molar-refractivity contribution in [2.45, 2.75) is 26.1 Å². The molecule has 0 radical (unpaired) electrons. The first-order chi connectivity index (χ1) is 20.5. The predicted molar refractivity (Wildman–Crippen MR) is 162 cm³/mol. The second-order valence-corrected chi connectivity index (χ2v) is 10.3. The van der Waals surface area contributed by atoms with E-state index in [9.17, 15) is 18.0 Å². The molecule has 0 bridgehead atoms. The quantitative estimate of drug-likeness (QED) is 0.148. The zero-order valence-corrected chi connectivity index (χ0v) is 24.7. The Kier molecular flexibility index (Phi) is 10.6. The van der Waals surface area contributed by atoms with Crippen molar-refractivity contribution in [3.8, 4) is 11.5 Å². The van der Waals surface area contributed by atoms with Gasteiger partial charge in [-0.3, -0.25) is 4.79 Å². The van der Waals surface area contributed by atoms with Crippen molar-refractivity contribution in [2.24, 2.45) is 7.05 Å². The fourth-order valence-electron chi connectivity index (χ4n) is 4.33. The van der Waals surface area contributed by atoms with Gasteiger partial charge in [-0.25, -0.2) is 9.97 Å². The Morgan fingerprint density at radius 2 is 1.79 bits per heavy atom. The number of amides is 1. The number of alkyl halides is 3. The summed E-state index contributed by atoms with van der Waals surface area (Å²) in [6, 6.07) is 12.8. The molecule has 43 heavy (non-hydrogen) atoms. The molecule has 0 atom stereocenters. The van der Waals surface area contributed by atoms with Crippen molar-refractivity contribution >= 4 is 34.4 Å². The van der Waals surface area contributed by atoms with Gasteiger partial charge in [0.25, 0.3) is 0 Å². The standard InChI is InChI=1S/C30H37F3N8O2/c1-5-34-13-14-35-19-20-6-7-21(16-24(20)30(31,32)33)37-29-38-25-9-8-22(17-26(25)41(29)4)43-23-10-12-36-27(18-23)39-28(42)11-15-40(2)3/h6-10,12,16-18,34-35H,5,11,13-15,19H2,1-4H3,(H,37,38)(H,36,39,42). The van der Waals surface area contributed by atoms with Crippen molar-refractivity contribution in [2.75, 3.05) is 50.9 Å². The molecule has 0 fully saturated rings. The largest absolute Gasteiger partial charge is 0.457 e. The normalized spacial score (nSPS) is 11.7. The van der Waals surface area contributed by atoms with Crippen LogP contribution in [0.4, 0.5) is 30.6 Å².